The highest BCUT2D eigenvalue weighted by atomic mass is 32.2. The van der Waals surface area contributed by atoms with Crippen molar-refractivity contribution in [3.8, 4) is 5.69 Å². The van der Waals surface area contributed by atoms with Crippen molar-refractivity contribution in [1.29, 1.82) is 0 Å². The summed E-state index contributed by atoms with van der Waals surface area (Å²) in [4.78, 5) is 31.5. The molecule has 0 unspecified atom stereocenters. The van der Waals surface area contributed by atoms with E-state index in [1.807, 2.05) is 44.2 Å². The zero-order valence-corrected chi connectivity index (χ0v) is 20.9. The van der Waals surface area contributed by atoms with Gasteiger partial charge in [0.1, 0.15) is 0 Å². The fraction of sp³-hybridized carbons (Fsp3) is 0.276. The van der Waals surface area contributed by atoms with Crippen LogP contribution in [0.4, 0.5) is 0 Å². The van der Waals surface area contributed by atoms with Gasteiger partial charge < -0.3 is 5.32 Å². The average Bonchev–Trinajstić information content (AvgIpc) is 3.35. The van der Waals surface area contributed by atoms with Crippen LogP contribution in [0, 0.1) is 13.8 Å². The van der Waals surface area contributed by atoms with Crippen molar-refractivity contribution in [2.24, 2.45) is 0 Å². The number of rotatable bonds is 6. The molecule has 1 aliphatic rings. The Morgan fingerprint density at radius 2 is 1.71 bits per heavy atom. The van der Waals surface area contributed by atoms with E-state index in [9.17, 15) is 9.59 Å². The Balaban J connectivity index is 1.58. The number of hydrogen-bond acceptors (Lipinski definition) is 4. The molecule has 0 radical (unpaired) electrons. The van der Waals surface area contributed by atoms with E-state index in [0.29, 0.717) is 27.4 Å². The highest BCUT2D eigenvalue weighted by Crippen LogP contribution is 2.26. The first-order valence-electron chi connectivity index (χ1n) is 12.1. The molecular weight excluding hydrogens is 454 g/mol. The molecule has 4 aromatic rings. The number of carbonyl (C=O) groups excluding carboxylic acids is 1. The van der Waals surface area contributed by atoms with Crippen LogP contribution in [0.5, 0.6) is 0 Å². The van der Waals surface area contributed by atoms with Crippen LogP contribution in [0.25, 0.3) is 16.6 Å². The van der Waals surface area contributed by atoms with Gasteiger partial charge in [-0.1, -0.05) is 61.0 Å². The van der Waals surface area contributed by atoms with E-state index in [2.05, 4.69) is 23.5 Å². The SMILES string of the molecule is Cc1cc(C)cc(-n2c(SCc3ccccc3)nc3cc(C(=O)NC4CCCC4)ccc3c2=O)c1. The van der Waals surface area contributed by atoms with Crippen LogP contribution < -0.4 is 10.9 Å². The number of aryl methyl sites for hydroxylation is 2. The highest BCUT2D eigenvalue weighted by molar-refractivity contribution is 7.98. The van der Waals surface area contributed by atoms with Gasteiger partial charge in [-0.3, -0.25) is 14.2 Å². The van der Waals surface area contributed by atoms with Gasteiger partial charge in [-0.25, -0.2) is 4.98 Å². The number of amides is 1. The van der Waals surface area contributed by atoms with Gasteiger partial charge in [0.05, 0.1) is 16.6 Å². The Morgan fingerprint density at radius 3 is 2.43 bits per heavy atom. The second-order valence-corrected chi connectivity index (χ2v) is 10.3. The number of fused-ring (bicyclic) bond motifs is 1. The molecule has 0 atom stereocenters. The molecule has 5 rings (SSSR count). The molecule has 6 heteroatoms. The lowest BCUT2D eigenvalue weighted by Crippen LogP contribution is -2.32. The topological polar surface area (TPSA) is 64.0 Å². The van der Waals surface area contributed by atoms with Crippen molar-refractivity contribution in [1.82, 2.24) is 14.9 Å². The molecule has 1 aliphatic carbocycles. The monoisotopic (exact) mass is 483 g/mol. The van der Waals surface area contributed by atoms with Crippen molar-refractivity contribution < 1.29 is 4.79 Å². The number of nitrogens with one attached hydrogen (secondary N) is 1. The minimum atomic E-state index is -0.127. The second kappa shape index (κ2) is 10.1. The summed E-state index contributed by atoms with van der Waals surface area (Å²) in [5, 5.41) is 4.25. The minimum Gasteiger partial charge on any atom is -0.349 e. The Kier molecular flexibility index (Phi) is 6.73. The van der Waals surface area contributed by atoms with Gasteiger partial charge in [0.15, 0.2) is 5.16 Å². The fourth-order valence-electron chi connectivity index (χ4n) is 4.77. The van der Waals surface area contributed by atoms with Crippen molar-refractivity contribution in [2.75, 3.05) is 0 Å². The Bertz CT molecular complexity index is 1420. The molecule has 178 valence electrons. The summed E-state index contributed by atoms with van der Waals surface area (Å²) in [6, 6.07) is 21.7. The van der Waals surface area contributed by atoms with Crippen LogP contribution in [0.15, 0.2) is 76.7 Å². The van der Waals surface area contributed by atoms with E-state index in [0.717, 1.165) is 48.1 Å². The van der Waals surface area contributed by atoms with E-state index in [4.69, 9.17) is 4.98 Å². The summed E-state index contributed by atoms with van der Waals surface area (Å²) in [6.07, 6.45) is 4.37. The van der Waals surface area contributed by atoms with Gasteiger partial charge in [0.2, 0.25) is 0 Å². The molecule has 0 saturated heterocycles. The molecule has 35 heavy (non-hydrogen) atoms. The Hall–Kier alpha value is -3.38. The van der Waals surface area contributed by atoms with Gasteiger partial charge in [-0.15, -0.1) is 0 Å². The molecule has 1 N–H and O–H groups in total. The zero-order valence-electron chi connectivity index (χ0n) is 20.1. The first kappa shape index (κ1) is 23.4. The van der Waals surface area contributed by atoms with E-state index in [-0.39, 0.29) is 17.5 Å². The molecule has 3 aromatic carbocycles. The molecule has 5 nitrogen and oxygen atoms in total. The summed E-state index contributed by atoms with van der Waals surface area (Å²) in [6.45, 7) is 4.06. The molecule has 0 spiro atoms. The van der Waals surface area contributed by atoms with Crippen molar-refractivity contribution in [3.05, 3.63) is 99.3 Å². The molecule has 1 fully saturated rings. The van der Waals surface area contributed by atoms with Gasteiger partial charge in [-0.2, -0.15) is 0 Å². The van der Waals surface area contributed by atoms with E-state index in [1.165, 1.54) is 11.8 Å². The van der Waals surface area contributed by atoms with Crippen LogP contribution >= 0.6 is 11.8 Å². The molecule has 0 bridgehead atoms. The number of benzene rings is 3. The molecule has 1 aromatic heterocycles. The summed E-state index contributed by atoms with van der Waals surface area (Å²) < 4.78 is 1.70. The zero-order chi connectivity index (χ0) is 24.4. The van der Waals surface area contributed by atoms with Crippen molar-refractivity contribution in [2.45, 2.75) is 56.5 Å². The van der Waals surface area contributed by atoms with E-state index < -0.39 is 0 Å². The van der Waals surface area contributed by atoms with Crippen LogP contribution in [0.1, 0.15) is 52.7 Å². The van der Waals surface area contributed by atoms with Crippen LogP contribution in [-0.2, 0) is 5.75 Å². The summed E-state index contributed by atoms with van der Waals surface area (Å²) in [7, 11) is 0. The Morgan fingerprint density at radius 1 is 1.00 bits per heavy atom. The van der Waals surface area contributed by atoms with E-state index in [1.54, 1.807) is 22.8 Å². The van der Waals surface area contributed by atoms with Gasteiger partial charge in [-0.05, 0) is 73.7 Å². The molecule has 1 amide bonds. The lowest BCUT2D eigenvalue weighted by atomic mass is 10.1. The maximum absolute atomic E-state index is 13.8. The fourth-order valence-corrected chi connectivity index (χ4v) is 5.74. The summed E-state index contributed by atoms with van der Waals surface area (Å²) >= 11 is 1.53. The van der Waals surface area contributed by atoms with Crippen LogP contribution in [0.2, 0.25) is 0 Å². The smallest absolute Gasteiger partial charge is 0.266 e. The molecular formula is C29H29N3O2S. The summed E-state index contributed by atoms with van der Waals surface area (Å²) in [5.41, 5.74) is 5.10. The first-order chi connectivity index (χ1) is 17.0. The first-order valence-corrected chi connectivity index (χ1v) is 13.1. The maximum Gasteiger partial charge on any atom is 0.266 e. The lowest BCUT2D eigenvalue weighted by molar-refractivity contribution is 0.0938. The van der Waals surface area contributed by atoms with Crippen LogP contribution in [-0.4, -0.2) is 21.5 Å². The number of aromatic nitrogens is 2. The normalized spacial score (nSPS) is 13.9. The predicted molar refractivity (Wildman–Crippen MR) is 143 cm³/mol. The largest absolute Gasteiger partial charge is 0.349 e. The van der Waals surface area contributed by atoms with Gasteiger partial charge in [0, 0.05) is 17.4 Å². The predicted octanol–water partition coefficient (Wildman–Crippen LogP) is 5.97. The number of nitrogens with zero attached hydrogens (tertiary/aromatic N) is 2. The number of carbonyl (C=O) groups is 1. The number of hydrogen-bond donors (Lipinski definition) is 1. The van der Waals surface area contributed by atoms with E-state index >= 15 is 0 Å². The van der Waals surface area contributed by atoms with Crippen LogP contribution in [0.3, 0.4) is 0 Å². The minimum absolute atomic E-state index is 0.0995. The van der Waals surface area contributed by atoms with Crippen molar-refractivity contribution in [3.63, 3.8) is 0 Å². The second-order valence-electron chi connectivity index (χ2n) is 9.34. The molecule has 1 heterocycles. The molecule has 0 aliphatic heterocycles. The maximum atomic E-state index is 13.8. The third kappa shape index (κ3) is 5.17. The van der Waals surface area contributed by atoms with Crippen molar-refractivity contribution >= 4 is 28.6 Å². The Labute approximate surface area is 209 Å². The molecule has 1 saturated carbocycles. The third-order valence-electron chi connectivity index (χ3n) is 6.47. The third-order valence-corrected chi connectivity index (χ3v) is 7.48. The highest BCUT2D eigenvalue weighted by Gasteiger charge is 2.20. The lowest BCUT2D eigenvalue weighted by Gasteiger charge is -2.15. The quantitative estimate of drug-likeness (QED) is 0.271. The van der Waals surface area contributed by atoms with Gasteiger partial charge in [0.25, 0.3) is 11.5 Å². The van der Waals surface area contributed by atoms with Gasteiger partial charge >= 0.3 is 0 Å². The number of thioether (sulfide) groups is 1. The standard InChI is InChI=1S/C29H29N3O2S/c1-19-14-20(2)16-24(15-19)32-28(34)25-13-12-22(27(33)30-23-10-6-7-11-23)17-26(25)31-29(32)35-18-21-8-4-3-5-9-21/h3-5,8-9,12-17,23H,6-7,10-11,18H2,1-2H3,(H,30,33). The average molecular weight is 484 g/mol. The summed E-state index contributed by atoms with van der Waals surface area (Å²) in [5.74, 6) is 0.586.